The van der Waals surface area contributed by atoms with Gasteiger partial charge in [0, 0.05) is 10.7 Å². The molecule has 1 aliphatic rings. The number of benzene rings is 3. The number of ketones is 1. The second kappa shape index (κ2) is 10.8. The smallest absolute Gasteiger partial charge is 0.309 e. The second-order valence-corrected chi connectivity index (χ2v) is 8.65. The first-order chi connectivity index (χ1) is 17.8. The largest absolute Gasteiger partial charge is 0.507 e. The number of hydrogen-bond donors (Lipinski definition) is 1. The van der Waals surface area contributed by atoms with E-state index >= 15 is 0 Å². The normalized spacial score (nSPS) is 16.5. The van der Waals surface area contributed by atoms with Crippen molar-refractivity contribution in [2.24, 2.45) is 0 Å². The molecule has 9 heteroatoms. The number of aliphatic hydroxyl groups excluding tert-OH is 1. The number of carbonyl (C=O) groups is 3. The minimum absolute atomic E-state index is 0.0590. The van der Waals surface area contributed by atoms with Crippen molar-refractivity contribution in [2.75, 3.05) is 26.2 Å². The summed E-state index contributed by atoms with van der Waals surface area (Å²) in [5.74, 6) is -1.72. The van der Waals surface area contributed by atoms with Gasteiger partial charge in [0.15, 0.2) is 0 Å². The third-order valence-electron chi connectivity index (χ3n) is 6.06. The molecule has 0 spiro atoms. The van der Waals surface area contributed by atoms with E-state index in [0.29, 0.717) is 27.6 Å². The van der Waals surface area contributed by atoms with Crippen LogP contribution >= 0.6 is 11.6 Å². The fourth-order valence-corrected chi connectivity index (χ4v) is 4.42. The van der Waals surface area contributed by atoms with E-state index < -0.39 is 29.5 Å². The summed E-state index contributed by atoms with van der Waals surface area (Å²) in [6.45, 7) is 0. The lowest BCUT2D eigenvalue weighted by Crippen LogP contribution is -2.29. The SMILES string of the molecule is COC(=O)Cc1ccc(N2C(=O)C(=O)/C(=C(/O)c3cc(Cl)ccc3OC)C2c2cccc(OC)c2)cc1. The molecule has 37 heavy (non-hydrogen) atoms. The number of aliphatic hydroxyl groups is 1. The standard InChI is InChI=1S/C28H24ClNO7/c1-35-20-6-4-5-17(14-20)25-24(26(32)21-15-18(29)9-12-22(21)36-2)27(33)28(34)30(25)19-10-7-16(8-11-19)13-23(31)37-3/h4-12,14-15,25,32H,13H2,1-3H3/b26-24+. The molecule has 1 fully saturated rings. The van der Waals surface area contributed by atoms with E-state index in [1.807, 2.05) is 0 Å². The van der Waals surface area contributed by atoms with Crippen molar-refractivity contribution >= 4 is 40.7 Å². The van der Waals surface area contributed by atoms with E-state index in [1.54, 1.807) is 60.7 Å². The third kappa shape index (κ3) is 5.01. The van der Waals surface area contributed by atoms with Gasteiger partial charge in [0.25, 0.3) is 11.7 Å². The van der Waals surface area contributed by atoms with Crippen LogP contribution in [0.5, 0.6) is 11.5 Å². The summed E-state index contributed by atoms with van der Waals surface area (Å²) in [5, 5.41) is 11.7. The highest BCUT2D eigenvalue weighted by atomic mass is 35.5. The first kappa shape index (κ1) is 25.8. The van der Waals surface area contributed by atoms with Crippen molar-refractivity contribution in [1.29, 1.82) is 0 Å². The highest BCUT2D eigenvalue weighted by molar-refractivity contribution is 6.51. The number of rotatable bonds is 7. The Balaban J connectivity index is 1.91. The van der Waals surface area contributed by atoms with Gasteiger partial charge in [-0.3, -0.25) is 19.3 Å². The van der Waals surface area contributed by atoms with Gasteiger partial charge in [-0.2, -0.15) is 0 Å². The van der Waals surface area contributed by atoms with E-state index in [-0.39, 0.29) is 23.3 Å². The highest BCUT2D eigenvalue weighted by Gasteiger charge is 2.47. The van der Waals surface area contributed by atoms with E-state index in [1.165, 1.54) is 32.3 Å². The second-order valence-electron chi connectivity index (χ2n) is 8.21. The van der Waals surface area contributed by atoms with Crippen molar-refractivity contribution < 1.29 is 33.7 Å². The maximum Gasteiger partial charge on any atom is 0.309 e. The summed E-state index contributed by atoms with van der Waals surface area (Å²) in [5.41, 5.74) is 1.67. The molecule has 3 aromatic carbocycles. The van der Waals surface area contributed by atoms with Crippen LogP contribution in [0, 0.1) is 0 Å². The Labute approximate surface area is 218 Å². The molecule has 0 aliphatic carbocycles. The molecule has 0 saturated carbocycles. The molecule has 1 unspecified atom stereocenters. The van der Waals surface area contributed by atoms with Gasteiger partial charge >= 0.3 is 5.97 Å². The van der Waals surface area contributed by atoms with Gasteiger partial charge in [0.1, 0.15) is 17.3 Å². The number of methoxy groups -OCH3 is 3. The van der Waals surface area contributed by atoms with E-state index in [2.05, 4.69) is 0 Å². The molecule has 4 rings (SSSR count). The van der Waals surface area contributed by atoms with Gasteiger partial charge in [0.05, 0.1) is 44.9 Å². The average molecular weight is 522 g/mol. The molecule has 8 nitrogen and oxygen atoms in total. The lowest BCUT2D eigenvalue weighted by atomic mass is 9.94. The van der Waals surface area contributed by atoms with E-state index in [9.17, 15) is 19.5 Å². The lowest BCUT2D eigenvalue weighted by Gasteiger charge is -2.26. The summed E-state index contributed by atoms with van der Waals surface area (Å²) in [6, 6.07) is 17.1. The first-order valence-electron chi connectivity index (χ1n) is 11.2. The predicted octanol–water partition coefficient (Wildman–Crippen LogP) is 4.70. The van der Waals surface area contributed by atoms with Gasteiger partial charge in [-0.1, -0.05) is 35.9 Å². The Bertz CT molecular complexity index is 1400. The van der Waals surface area contributed by atoms with Crippen LogP contribution in [0.25, 0.3) is 5.76 Å². The molecule has 3 aromatic rings. The van der Waals surface area contributed by atoms with E-state index in [0.717, 1.165) is 0 Å². The van der Waals surface area contributed by atoms with Crippen LogP contribution in [0.2, 0.25) is 5.02 Å². The number of carbonyl (C=O) groups excluding carboxylic acids is 3. The van der Waals surface area contributed by atoms with Crippen molar-refractivity contribution in [1.82, 2.24) is 0 Å². The molecule has 0 bridgehead atoms. The Morgan fingerprint density at radius 1 is 0.973 bits per heavy atom. The van der Waals surface area contributed by atoms with Gasteiger partial charge in [-0.25, -0.2) is 0 Å². The molecule has 0 aromatic heterocycles. The number of Topliss-reactive ketones (excluding diaryl/α,β-unsaturated/α-hetero) is 1. The van der Waals surface area contributed by atoms with Crippen LogP contribution in [-0.2, 0) is 25.5 Å². The molecule has 190 valence electrons. The maximum absolute atomic E-state index is 13.4. The minimum Gasteiger partial charge on any atom is -0.507 e. The number of halogens is 1. The Morgan fingerprint density at radius 3 is 2.35 bits per heavy atom. The zero-order valence-corrected chi connectivity index (χ0v) is 21.1. The van der Waals surface area contributed by atoms with Crippen LogP contribution in [0.3, 0.4) is 0 Å². The van der Waals surface area contributed by atoms with Crippen LogP contribution < -0.4 is 14.4 Å². The first-order valence-corrected chi connectivity index (χ1v) is 11.6. The predicted molar refractivity (Wildman–Crippen MR) is 138 cm³/mol. The number of nitrogens with zero attached hydrogens (tertiary/aromatic N) is 1. The van der Waals surface area contributed by atoms with Crippen molar-refractivity contribution in [3.05, 3.63) is 94.0 Å². The Kier molecular flexibility index (Phi) is 7.50. The molecule has 0 radical (unpaired) electrons. The van der Waals surface area contributed by atoms with Gasteiger partial charge in [-0.15, -0.1) is 0 Å². The number of hydrogen-bond acceptors (Lipinski definition) is 7. The fraction of sp³-hybridized carbons (Fsp3) is 0.179. The Hall–Kier alpha value is -4.30. The quantitative estimate of drug-likeness (QED) is 0.208. The molecule has 1 atom stereocenters. The maximum atomic E-state index is 13.4. The molecule has 1 heterocycles. The van der Waals surface area contributed by atoms with Crippen LogP contribution in [-0.4, -0.2) is 44.1 Å². The molecular formula is C28H24ClNO7. The number of anilines is 1. The summed E-state index contributed by atoms with van der Waals surface area (Å²) in [7, 11) is 4.24. The van der Waals surface area contributed by atoms with Gasteiger partial charge in [-0.05, 0) is 53.6 Å². The third-order valence-corrected chi connectivity index (χ3v) is 6.30. The van der Waals surface area contributed by atoms with Gasteiger partial charge in [0.2, 0.25) is 0 Å². The van der Waals surface area contributed by atoms with Crippen molar-refractivity contribution in [3.63, 3.8) is 0 Å². The summed E-state index contributed by atoms with van der Waals surface area (Å²) in [4.78, 5) is 39.7. The molecule has 1 N–H and O–H groups in total. The molecular weight excluding hydrogens is 498 g/mol. The van der Waals surface area contributed by atoms with Gasteiger partial charge < -0.3 is 19.3 Å². The van der Waals surface area contributed by atoms with Crippen molar-refractivity contribution in [3.8, 4) is 11.5 Å². The number of amides is 1. The molecule has 1 aliphatic heterocycles. The van der Waals surface area contributed by atoms with E-state index in [4.69, 9.17) is 25.8 Å². The lowest BCUT2D eigenvalue weighted by molar-refractivity contribution is -0.139. The number of ether oxygens (including phenoxy) is 3. The molecule has 1 saturated heterocycles. The van der Waals surface area contributed by atoms with Crippen LogP contribution in [0.15, 0.2) is 72.3 Å². The monoisotopic (exact) mass is 521 g/mol. The average Bonchev–Trinajstić information content (AvgIpc) is 3.18. The summed E-state index contributed by atoms with van der Waals surface area (Å²) in [6.07, 6.45) is 0.0590. The highest BCUT2D eigenvalue weighted by Crippen LogP contribution is 2.44. The van der Waals surface area contributed by atoms with Crippen LogP contribution in [0.1, 0.15) is 22.7 Å². The topological polar surface area (TPSA) is 102 Å². The van der Waals surface area contributed by atoms with Crippen LogP contribution in [0.4, 0.5) is 5.69 Å². The number of esters is 1. The van der Waals surface area contributed by atoms with Crippen molar-refractivity contribution in [2.45, 2.75) is 12.5 Å². The molecule has 1 amide bonds. The fourth-order valence-electron chi connectivity index (χ4n) is 4.25. The zero-order chi connectivity index (χ0) is 26.7. The summed E-state index contributed by atoms with van der Waals surface area (Å²) < 4.78 is 15.4. The zero-order valence-electron chi connectivity index (χ0n) is 20.4. The minimum atomic E-state index is -0.981. The summed E-state index contributed by atoms with van der Waals surface area (Å²) >= 11 is 6.17. The Morgan fingerprint density at radius 2 is 1.70 bits per heavy atom.